The Hall–Kier alpha value is -11.1. The Balaban J connectivity index is 0.960. The highest BCUT2D eigenvalue weighted by molar-refractivity contribution is 7.87. The number of rotatable bonds is 26. The Morgan fingerprint density at radius 2 is 1.35 bits per heavy atom. The van der Waals surface area contributed by atoms with Crippen LogP contribution in [0.5, 0.6) is 51.7 Å². The largest absolute Gasteiger partial charge is 0.573 e. The maximum Gasteiger partial charge on any atom is 0.573 e. The van der Waals surface area contributed by atoms with E-state index in [9.17, 15) is 86.7 Å². The summed E-state index contributed by atoms with van der Waals surface area (Å²) in [7, 11) is -2.85. The van der Waals surface area contributed by atoms with Gasteiger partial charge < -0.3 is 138 Å². The number of nitrogens with two attached hydrogens (primary N) is 2. The van der Waals surface area contributed by atoms with E-state index in [4.69, 9.17) is 67.3 Å². The lowest BCUT2D eigenvalue weighted by Crippen LogP contribution is -2.66. The van der Waals surface area contributed by atoms with E-state index in [0.29, 0.717) is 38.0 Å². The van der Waals surface area contributed by atoms with E-state index in [-0.39, 0.29) is 54.8 Å². The zero-order valence-electron chi connectivity index (χ0n) is 71.2. The number of hydroxylamine groups is 1. The van der Waals surface area contributed by atoms with Crippen molar-refractivity contribution in [2.75, 3.05) is 53.0 Å². The molecule has 132 heavy (non-hydrogen) atoms. The van der Waals surface area contributed by atoms with Crippen LogP contribution in [0.15, 0.2) is 103 Å². The minimum atomic E-state index is -4.89. The number of amides is 9. The number of hydrogen-bond donors (Lipinski definition) is 22. The number of piperidine rings is 1. The van der Waals surface area contributed by atoms with E-state index < -0.39 is 289 Å². The second-order valence-corrected chi connectivity index (χ2v) is 35.2. The molecule has 8 aliphatic rings. The molecule has 0 unspecified atom stereocenters. The highest BCUT2D eigenvalue weighted by Gasteiger charge is 2.53. The number of fused-ring (bicyclic) bond motifs is 15. The third-order valence-corrected chi connectivity index (χ3v) is 24.1. The highest BCUT2D eigenvalue weighted by atomic mass is 35.5. The van der Waals surface area contributed by atoms with Crippen LogP contribution in [0.4, 0.5) is 13.2 Å². The van der Waals surface area contributed by atoms with Gasteiger partial charge in [0.05, 0.1) is 54.4 Å². The molecule has 8 aliphatic heterocycles. The number of benzene rings is 6. The normalized spacial score (nSPS) is 26.5. The summed E-state index contributed by atoms with van der Waals surface area (Å²) in [4.78, 5) is 141. The molecule has 0 aromatic heterocycles. The Bertz CT molecular complexity index is 5400. The number of aliphatic hydroxyl groups excluding tert-OH is 6. The van der Waals surface area contributed by atoms with Crippen LogP contribution in [0.3, 0.4) is 0 Å². The molecule has 0 saturated carbocycles. The molecule has 3 fully saturated rings. The molecule has 6 aromatic carbocycles. The topological polar surface area (TPSA) is 631 Å². The van der Waals surface area contributed by atoms with Gasteiger partial charge in [0.15, 0.2) is 23.9 Å². The van der Waals surface area contributed by atoms with E-state index in [1.807, 2.05) is 10.2 Å². The number of likely N-dealkylation sites (tertiary alicyclic amines) is 1. The lowest BCUT2D eigenvalue weighted by atomic mass is 9.85. The third-order valence-electron chi connectivity index (χ3n) is 22.9. The smallest absolute Gasteiger partial charge is 0.508 e. The lowest BCUT2D eigenvalue weighted by Gasteiger charge is -2.48. The number of nitrogens with one attached hydrogen (secondary N) is 11. The van der Waals surface area contributed by atoms with E-state index in [2.05, 4.69) is 57.5 Å². The second-order valence-electron chi connectivity index (χ2n) is 33.0. The Kier molecular flexibility index (Phi) is 32.1. The summed E-state index contributed by atoms with van der Waals surface area (Å²) in [5.74, 6) is -17.1. The fourth-order valence-corrected chi connectivity index (χ4v) is 17.0. The lowest BCUT2D eigenvalue weighted by molar-refractivity contribution is -0.334. The number of halogens is 5. The molecule has 0 aliphatic carbocycles. The van der Waals surface area contributed by atoms with Crippen LogP contribution >= 0.6 is 23.2 Å². The van der Waals surface area contributed by atoms with Crippen molar-refractivity contribution < 1.29 is 149 Å². The van der Waals surface area contributed by atoms with Crippen LogP contribution in [0.1, 0.15) is 124 Å². The molecule has 24 N–H and O–H groups in total. The maximum absolute atomic E-state index is 16.4. The van der Waals surface area contributed by atoms with Gasteiger partial charge in [0.2, 0.25) is 59.3 Å². The first-order chi connectivity index (χ1) is 62.3. The van der Waals surface area contributed by atoms with Crippen molar-refractivity contribution in [1.82, 2.24) is 63.0 Å². The number of primary amides is 1. The van der Waals surface area contributed by atoms with Gasteiger partial charge in [0, 0.05) is 67.9 Å². The summed E-state index contributed by atoms with van der Waals surface area (Å²) < 4.78 is 107. The van der Waals surface area contributed by atoms with Gasteiger partial charge >= 0.3 is 6.36 Å². The number of aromatic hydroxyl groups is 3. The maximum atomic E-state index is 16.4. The molecule has 0 spiro atoms. The van der Waals surface area contributed by atoms with Crippen LogP contribution in [-0.4, -0.2) is 257 Å². The molecule has 48 heteroatoms. The fourth-order valence-electron chi connectivity index (χ4n) is 16.1. The minimum absolute atomic E-state index is 0.100. The first kappa shape index (κ1) is 99.9. The van der Waals surface area contributed by atoms with Crippen LogP contribution in [0, 0.1) is 5.92 Å². The number of phenols is 3. The predicted octanol–water partition coefficient (Wildman–Crippen LogP) is 0.215. The van der Waals surface area contributed by atoms with Crippen LogP contribution in [0.25, 0.3) is 11.1 Å². The second kappa shape index (κ2) is 42.4. The average Bonchev–Trinajstić information content (AvgIpc) is 0.763. The quantitative estimate of drug-likeness (QED) is 0.0255. The number of carbonyl (C=O) groups excluding carboxylic acids is 9. The van der Waals surface area contributed by atoms with Crippen molar-refractivity contribution in [3.63, 3.8) is 0 Å². The minimum Gasteiger partial charge on any atom is -0.508 e. The summed E-state index contributed by atoms with van der Waals surface area (Å²) in [5, 5.41) is 135. The first-order valence-corrected chi connectivity index (χ1v) is 43.9. The highest BCUT2D eigenvalue weighted by Crippen LogP contribution is 2.50. The average molecular weight is 1910 g/mol. The summed E-state index contributed by atoms with van der Waals surface area (Å²) in [6.45, 7) is 6.27. The Morgan fingerprint density at radius 3 is 1.96 bits per heavy atom. The van der Waals surface area contributed by atoms with E-state index >= 15 is 24.0 Å². The van der Waals surface area contributed by atoms with Crippen LogP contribution in [0.2, 0.25) is 10.0 Å². The SMILES string of the molecule is CN[C@H](CC(C)C)C(=O)N[C@H]1C(=O)N[C@@H](CC(N)=O)C(=O)N[C@H]2C(=O)N[C@H]3C(=O)N[C@H](C(=O)N[C@@H](C(=O)NOCCNS(N)(=O)=O)c4cc(O)cc(O)c4-c4cc3ccc4O)[C@H](O)c3ccc(c(Cl)c3)Oc3cc2cc(c3O[C@@H]2O[C@H](CO)[C@@H](O)[C@H](O)[C@H]2O[C@H]2C[C@](C)(NCCN3CCC(NC(=O)Cc4ccc(OC(F)(F)F)cc4)CC3)[C@H](O)[C@H](C)O2)Oc2ccc(cc2Cl)[C@H]1O. The molecule has 11 bridgehead atoms. The molecular formula is C84H101Cl2F3N14O28S. The van der Waals surface area contributed by atoms with Gasteiger partial charge in [0.1, 0.15) is 101 Å². The van der Waals surface area contributed by atoms with Gasteiger partial charge in [-0.1, -0.05) is 67.4 Å². The van der Waals surface area contributed by atoms with Crippen molar-refractivity contribution in [2.45, 2.75) is 188 Å². The number of hydrogen-bond acceptors (Lipinski definition) is 31. The molecule has 0 radical (unpaired) electrons. The number of nitrogens with zero attached hydrogens (tertiary/aromatic N) is 1. The molecule has 6 aromatic rings. The van der Waals surface area contributed by atoms with Gasteiger partial charge in [0.25, 0.3) is 16.1 Å². The van der Waals surface area contributed by atoms with Crippen molar-refractivity contribution >= 4 is 86.6 Å². The fraction of sp³-hybridized carbons (Fsp3) is 0.464. The van der Waals surface area contributed by atoms with Gasteiger partial charge in [-0.15, -0.1) is 13.2 Å². The van der Waals surface area contributed by atoms with Crippen molar-refractivity contribution in [3.8, 4) is 62.9 Å². The number of likely N-dealkylation sites (N-methyl/N-ethyl adjacent to an activating group) is 1. The monoisotopic (exact) mass is 1910 g/mol. The molecule has 42 nitrogen and oxygen atoms in total. The van der Waals surface area contributed by atoms with Gasteiger partial charge in [-0.3, -0.25) is 48.0 Å². The van der Waals surface area contributed by atoms with Crippen LogP contribution < -0.4 is 87.9 Å². The van der Waals surface area contributed by atoms with E-state index in [0.717, 1.165) is 78.9 Å². The number of aliphatic hydroxyl groups is 6. The molecule has 3 saturated heterocycles. The molecule has 716 valence electrons. The van der Waals surface area contributed by atoms with E-state index in [1.165, 1.54) is 38.2 Å². The van der Waals surface area contributed by atoms with E-state index in [1.54, 1.807) is 20.8 Å². The molecular weight excluding hydrogens is 1810 g/mol. The Labute approximate surface area is 761 Å². The van der Waals surface area contributed by atoms with Gasteiger partial charge in [-0.05, 0) is 146 Å². The van der Waals surface area contributed by atoms with Gasteiger partial charge in [-0.25, -0.2) is 15.3 Å². The van der Waals surface area contributed by atoms with Crippen molar-refractivity contribution in [3.05, 3.63) is 147 Å². The standard InChI is InChI=1S/C84H101Cl2F3N14O28S/c1-36(2)24-50(92-5)75(115)100-66-68(110)40-9-14-54(48(85)27-40)126-56-29-42-30-57(72(56)130-82-73(71(113)70(112)58(35-104)128-82)129-61-34-83(4,74(114)37(3)125-61)93-18-22-103-20-16-43(17-21-103)95-60(109)25-38-6-11-45(12-7-38)131-84(87,88)89)127-55-15-10-41(28-49(55)86)69(111)67-80(120)99-65(81(121)102-124-23-19-94-132(91,122)123)47-31-44(105)32-53(107)62(47)46-26-39(8-13-52(46)106)63(77(117)101-67)98-78(118)64(42)97-76(116)51(33-59(90)108)96-79(66)119/h6-15,26-32,36-37,43,50-51,58,61,63-71,73-74,82,92-94,104-107,110-114H,16-25,33-35H2,1-5H3,(H2,90,108)(H,95,109)(H,96,119)(H,97,116)(H,98,118)(H,99,120)(H,100,115)(H,101,117)(H,102,121)(H2,91,122,123)/t37-,50+,51-,58+,61-,63+,64+,65+,66+,67-,68+,69+,70+,71-,73+,74+,82-,83-/m0/s1. The summed E-state index contributed by atoms with van der Waals surface area (Å²) >= 11 is 14.4. The first-order valence-electron chi connectivity index (χ1n) is 41.6. The summed E-state index contributed by atoms with van der Waals surface area (Å²) in [6, 6.07) is 3.39. The van der Waals surface area contributed by atoms with Crippen molar-refractivity contribution in [1.29, 1.82) is 0 Å². The zero-order chi connectivity index (χ0) is 95.9. The Morgan fingerprint density at radius 1 is 0.720 bits per heavy atom. The third kappa shape index (κ3) is 24.5. The number of alkyl halides is 3. The van der Waals surface area contributed by atoms with Crippen LogP contribution in [-0.2, 0) is 78.8 Å². The predicted molar refractivity (Wildman–Crippen MR) is 455 cm³/mol. The number of ether oxygens (including phenoxy) is 7. The number of carbonyl (C=O) groups is 9. The summed E-state index contributed by atoms with van der Waals surface area (Å²) in [6.07, 6.45) is -23.3. The molecule has 18 atom stereocenters. The summed E-state index contributed by atoms with van der Waals surface area (Å²) in [5.41, 5.74) is 3.86. The zero-order valence-corrected chi connectivity index (χ0v) is 73.5. The molecule has 14 rings (SSSR count). The molecule has 8 heterocycles. The number of phenolic OH excluding ortho intramolecular Hbond substituents is 3. The van der Waals surface area contributed by atoms with Gasteiger partial charge in [-0.2, -0.15) is 8.42 Å². The molecule has 9 amide bonds. The van der Waals surface area contributed by atoms with Crippen molar-refractivity contribution in [2.24, 2.45) is 16.8 Å².